The van der Waals surface area contributed by atoms with Gasteiger partial charge in [-0.15, -0.1) is 11.6 Å². The van der Waals surface area contributed by atoms with Gasteiger partial charge in [0.05, 0.1) is 5.88 Å². The van der Waals surface area contributed by atoms with E-state index >= 15 is 0 Å². The number of aryl methyl sites for hydroxylation is 1. The van der Waals surface area contributed by atoms with Gasteiger partial charge in [0.15, 0.2) is 5.78 Å². The molecule has 1 aromatic heterocycles. The smallest absolute Gasteiger partial charge is 0.195 e. The third kappa shape index (κ3) is 4.04. The maximum Gasteiger partial charge on any atom is 0.195 e. The molecule has 1 heterocycles. The van der Waals surface area contributed by atoms with Crippen LogP contribution in [0.1, 0.15) is 29.9 Å². The zero-order chi connectivity index (χ0) is 10.3. The Hall–Kier alpha value is -0.890. The molecule has 0 fully saturated rings. The summed E-state index contributed by atoms with van der Waals surface area (Å²) in [4.78, 5) is 14.8. The van der Waals surface area contributed by atoms with E-state index in [9.17, 15) is 4.79 Å². The monoisotopic (exact) mass is 199 g/mol. The van der Waals surface area contributed by atoms with Gasteiger partial charge in [-0.05, 0) is 18.6 Å². The molecule has 0 aromatic carbocycles. The molecule has 0 aliphatic heterocycles. The molecule has 0 bridgehead atoms. The Kier molecular flexibility index (Phi) is 6.15. The highest BCUT2D eigenvalue weighted by Gasteiger charge is 2.03. The third-order valence-electron chi connectivity index (χ3n) is 1.32. The van der Waals surface area contributed by atoms with Crippen LogP contribution in [0.3, 0.4) is 0 Å². The molecule has 0 aliphatic carbocycles. The lowest BCUT2D eigenvalue weighted by Gasteiger charge is -1.95. The van der Waals surface area contributed by atoms with E-state index < -0.39 is 0 Å². The summed E-state index contributed by atoms with van der Waals surface area (Å²) in [6.45, 7) is 5.92. The number of aromatic nitrogens is 1. The maximum absolute atomic E-state index is 10.9. The SMILES string of the molecule is CC.Cc1ccc(C(=O)CCl)nc1. The highest BCUT2D eigenvalue weighted by atomic mass is 35.5. The summed E-state index contributed by atoms with van der Waals surface area (Å²) in [6, 6.07) is 3.52. The van der Waals surface area contributed by atoms with Crippen molar-refractivity contribution in [2.75, 3.05) is 5.88 Å². The van der Waals surface area contributed by atoms with Gasteiger partial charge in [0.2, 0.25) is 0 Å². The molecule has 3 heteroatoms. The highest BCUT2D eigenvalue weighted by molar-refractivity contribution is 6.30. The van der Waals surface area contributed by atoms with E-state index in [1.807, 2.05) is 26.8 Å². The lowest BCUT2D eigenvalue weighted by atomic mass is 10.2. The zero-order valence-electron chi connectivity index (χ0n) is 8.17. The second-order valence-corrected chi connectivity index (χ2v) is 2.54. The molecule has 0 radical (unpaired) electrons. The van der Waals surface area contributed by atoms with Gasteiger partial charge in [-0.1, -0.05) is 19.9 Å². The summed E-state index contributed by atoms with van der Waals surface area (Å²) >= 11 is 5.34. The number of carbonyl (C=O) groups is 1. The van der Waals surface area contributed by atoms with Crippen LogP contribution in [0.25, 0.3) is 0 Å². The normalized spacial score (nSPS) is 8.62. The molecule has 0 N–H and O–H groups in total. The predicted molar refractivity (Wildman–Crippen MR) is 55.4 cm³/mol. The van der Waals surface area contributed by atoms with E-state index in [0.29, 0.717) is 5.69 Å². The first-order valence-corrected chi connectivity index (χ1v) is 4.79. The van der Waals surface area contributed by atoms with Crippen molar-refractivity contribution in [2.24, 2.45) is 0 Å². The number of pyridine rings is 1. The number of hydrogen-bond acceptors (Lipinski definition) is 2. The Morgan fingerprint density at radius 1 is 1.46 bits per heavy atom. The fourth-order valence-electron chi connectivity index (χ4n) is 0.701. The van der Waals surface area contributed by atoms with Crippen molar-refractivity contribution in [1.82, 2.24) is 4.98 Å². The van der Waals surface area contributed by atoms with Crippen LogP contribution in [0.4, 0.5) is 0 Å². The summed E-state index contributed by atoms with van der Waals surface area (Å²) < 4.78 is 0. The van der Waals surface area contributed by atoms with E-state index in [4.69, 9.17) is 11.6 Å². The topological polar surface area (TPSA) is 30.0 Å². The Balaban J connectivity index is 0.000000671. The summed E-state index contributed by atoms with van der Waals surface area (Å²) in [5, 5.41) is 0. The van der Waals surface area contributed by atoms with Gasteiger partial charge in [-0.2, -0.15) is 0 Å². The molecule has 13 heavy (non-hydrogen) atoms. The van der Waals surface area contributed by atoms with Crippen LogP contribution in [0.15, 0.2) is 18.3 Å². The number of Topliss-reactive ketones (excluding diaryl/α,β-unsaturated/α-hetero) is 1. The molecule has 1 aromatic rings. The number of rotatable bonds is 2. The molecule has 0 spiro atoms. The van der Waals surface area contributed by atoms with Gasteiger partial charge in [0.1, 0.15) is 5.69 Å². The largest absolute Gasteiger partial charge is 0.291 e. The highest BCUT2D eigenvalue weighted by Crippen LogP contribution is 2.00. The Morgan fingerprint density at radius 3 is 2.46 bits per heavy atom. The average molecular weight is 200 g/mol. The van der Waals surface area contributed by atoms with Gasteiger partial charge >= 0.3 is 0 Å². The Morgan fingerprint density at radius 2 is 2.08 bits per heavy atom. The van der Waals surface area contributed by atoms with Crippen molar-refractivity contribution in [3.8, 4) is 0 Å². The average Bonchev–Trinajstić information content (AvgIpc) is 2.21. The molecular weight excluding hydrogens is 186 g/mol. The predicted octanol–water partition coefficient (Wildman–Crippen LogP) is 2.84. The van der Waals surface area contributed by atoms with Crippen LogP contribution >= 0.6 is 11.6 Å². The molecule has 0 unspecified atom stereocenters. The van der Waals surface area contributed by atoms with Crippen molar-refractivity contribution >= 4 is 17.4 Å². The summed E-state index contributed by atoms with van der Waals surface area (Å²) in [7, 11) is 0. The van der Waals surface area contributed by atoms with Crippen LogP contribution < -0.4 is 0 Å². The second kappa shape index (κ2) is 6.61. The fourth-order valence-corrected chi connectivity index (χ4v) is 0.838. The number of carbonyl (C=O) groups excluding carboxylic acids is 1. The van der Waals surface area contributed by atoms with Gasteiger partial charge in [-0.25, -0.2) is 0 Å². The van der Waals surface area contributed by atoms with E-state index in [2.05, 4.69) is 4.98 Å². The molecule has 0 amide bonds. The fraction of sp³-hybridized carbons (Fsp3) is 0.400. The molecule has 2 nitrogen and oxygen atoms in total. The van der Waals surface area contributed by atoms with Gasteiger partial charge in [-0.3, -0.25) is 9.78 Å². The number of halogens is 1. The van der Waals surface area contributed by atoms with Gasteiger partial charge in [0, 0.05) is 6.20 Å². The van der Waals surface area contributed by atoms with E-state index in [0.717, 1.165) is 5.56 Å². The first-order valence-electron chi connectivity index (χ1n) is 4.26. The van der Waals surface area contributed by atoms with Crippen LogP contribution in [0.5, 0.6) is 0 Å². The van der Waals surface area contributed by atoms with Crippen LogP contribution in [0.2, 0.25) is 0 Å². The van der Waals surface area contributed by atoms with Crippen LogP contribution in [0, 0.1) is 6.92 Å². The molecule has 0 atom stereocenters. The summed E-state index contributed by atoms with van der Waals surface area (Å²) in [6.07, 6.45) is 1.65. The number of alkyl halides is 1. The lowest BCUT2D eigenvalue weighted by Crippen LogP contribution is -2.02. The first kappa shape index (κ1) is 12.1. The third-order valence-corrected chi connectivity index (χ3v) is 1.56. The van der Waals surface area contributed by atoms with Gasteiger partial charge < -0.3 is 0 Å². The lowest BCUT2D eigenvalue weighted by molar-refractivity contribution is 0.101. The van der Waals surface area contributed by atoms with Crippen molar-refractivity contribution < 1.29 is 4.79 Å². The first-order chi connectivity index (χ1) is 6.24. The Bertz CT molecular complexity index is 256. The minimum Gasteiger partial charge on any atom is -0.291 e. The van der Waals surface area contributed by atoms with Crippen LogP contribution in [-0.2, 0) is 0 Å². The molecule has 0 saturated carbocycles. The second-order valence-electron chi connectivity index (χ2n) is 2.28. The minimum atomic E-state index is -0.133. The Labute approximate surface area is 83.9 Å². The molecule has 72 valence electrons. The van der Waals surface area contributed by atoms with Crippen molar-refractivity contribution in [3.63, 3.8) is 0 Å². The number of ketones is 1. The zero-order valence-corrected chi connectivity index (χ0v) is 8.93. The van der Waals surface area contributed by atoms with E-state index in [1.54, 1.807) is 12.3 Å². The molecule has 0 aliphatic rings. The number of nitrogens with zero attached hydrogens (tertiary/aromatic N) is 1. The van der Waals surface area contributed by atoms with E-state index in [-0.39, 0.29) is 11.7 Å². The summed E-state index contributed by atoms with van der Waals surface area (Å²) in [5.74, 6) is -0.137. The summed E-state index contributed by atoms with van der Waals surface area (Å²) in [5.41, 5.74) is 1.47. The quantitative estimate of drug-likeness (QED) is 0.542. The maximum atomic E-state index is 10.9. The minimum absolute atomic E-state index is 0.00391. The van der Waals surface area contributed by atoms with Crippen molar-refractivity contribution in [1.29, 1.82) is 0 Å². The standard InChI is InChI=1S/C8H8ClNO.C2H6/c1-6-2-3-7(10-5-6)8(11)4-9;1-2/h2-3,5H,4H2,1H3;1-2H3. The molecular formula is C10H14ClNO. The van der Waals surface area contributed by atoms with E-state index in [1.165, 1.54) is 0 Å². The van der Waals surface area contributed by atoms with Gasteiger partial charge in [0.25, 0.3) is 0 Å². The molecule has 1 rings (SSSR count). The number of hydrogen-bond donors (Lipinski definition) is 0. The van der Waals surface area contributed by atoms with Crippen molar-refractivity contribution in [3.05, 3.63) is 29.6 Å². The molecule has 0 saturated heterocycles. The van der Waals surface area contributed by atoms with Crippen molar-refractivity contribution in [2.45, 2.75) is 20.8 Å². The van der Waals surface area contributed by atoms with Crippen LogP contribution in [-0.4, -0.2) is 16.6 Å².